The molecule has 0 aliphatic heterocycles. The van der Waals surface area contributed by atoms with Gasteiger partial charge in [-0.05, 0) is 0 Å². The van der Waals surface area contributed by atoms with E-state index in [1.165, 1.54) is 6.07 Å². The van der Waals surface area contributed by atoms with Crippen molar-refractivity contribution in [3.8, 4) is 10.9 Å². The van der Waals surface area contributed by atoms with Gasteiger partial charge in [0.2, 0.25) is 5.75 Å². The quantitative estimate of drug-likeness (QED) is 0.400. The fraction of sp³-hybridized carbons (Fsp3) is 0.100. The van der Waals surface area contributed by atoms with E-state index < -0.39 is 4.92 Å². The number of thiazole rings is 1. The number of alkyl halides is 1. The molecule has 2 aromatic rings. The Morgan fingerprint density at radius 3 is 2.50 bits per heavy atom. The minimum Gasteiger partial charge on any atom is -0.423 e. The molecule has 5 nitrogen and oxygen atoms in total. The Balaban J connectivity index is 2.41. The molecule has 0 spiro atoms. The molecule has 1 heterocycles. The molecule has 10 heteroatoms. The van der Waals surface area contributed by atoms with Gasteiger partial charge in [0, 0.05) is 12.1 Å². The van der Waals surface area contributed by atoms with Gasteiger partial charge < -0.3 is 4.74 Å². The molecule has 0 radical (unpaired) electrons. The first-order chi connectivity index (χ1) is 9.42. The molecule has 1 aromatic carbocycles. The number of ether oxygens (including phenoxy) is 1. The van der Waals surface area contributed by atoms with Crippen molar-refractivity contribution >= 4 is 63.4 Å². The van der Waals surface area contributed by atoms with E-state index in [2.05, 4.69) is 4.98 Å². The first-order valence-corrected chi connectivity index (χ1v) is 7.43. The molecule has 0 fully saturated rings. The lowest BCUT2D eigenvalue weighted by Crippen LogP contribution is -1.93. The van der Waals surface area contributed by atoms with Crippen molar-refractivity contribution in [2.75, 3.05) is 0 Å². The molecule has 0 aliphatic carbocycles. The van der Waals surface area contributed by atoms with Crippen molar-refractivity contribution in [3.05, 3.63) is 42.3 Å². The molecular formula is C10H4Cl4N2O3S. The van der Waals surface area contributed by atoms with Crippen LogP contribution in [0.15, 0.2) is 12.1 Å². The minimum atomic E-state index is -0.630. The number of rotatable bonds is 4. The van der Waals surface area contributed by atoms with Crippen molar-refractivity contribution in [3.63, 3.8) is 0 Å². The van der Waals surface area contributed by atoms with E-state index in [-0.39, 0.29) is 37.7 Å². The monoisotopic (exact) mass is 372 g/mol. The average Bonchev–Trinajstić information content (AvgIpc) is 2.73. The molecule has 0 bridgehead atoms. The summed E-state index contributed by atoms with van der Waals surface area (Å²) in [6, 6.07) is 2.36. The summed E-state index contributed by atoms with van der Waals surface area (Å²) in [6.07, 6.45) is 0. The van der Waals surface area contributed by atoms with Gasteiger partial charge in [0.05, 0.1) is 25.7 Å². The smallest absolute Gasteiger partial charge is 0.313 e. The van der Waals surface area contributed by atoms with Crippen LogP contribution in [0.5, 0.6) is 10.9 Å². The Morgan fingerprint density at radius 1 is 1.30 bits per heavy atom. The predicted molar refractivity (Wildman–Crippen MR) is 79.9 cm³/mol. The van der Waals surface area contributed by atoms with E-state index >= 15 is 0 Å². The Morgan fingerprint density at radius 2 is 1.95 bits per heavy atom. The van der Waals surface area contributed by atoms with Crippen LogP contribution >= 0.6 is 57.7 Å². The third-order valence-corrected chi connectivity index (χ3v) is 4.65. The van der Waals surface area contributed by atoms with Gasteiger partial charge >= 0.3 is 5.69 Å². The van der Waals surface area contributed by atoms with Gasteiger partial charge in [0.1, 0.15) is 5.15 Å². The number of nitro benzene ring substituents is 1. The van der Waals surface area contributed by atoms with Gasteiger partial charge in [-0.15, -0.1) is 11.6 Å². The number of hydrogen-bond donors (Lipinski definition) is 0. The third kappa shape index (κ3) is 3.27. The summed E-state index contributed by atoms with van der Waals surface area (Å²) in [5, 5.41) is 11.5. The second-order valence-corrected chi connectivity index (χ2v) is 5.91. The SMILES string of the molecule is O=[N+]([O-])c1cc(Cl)c(Cl)cc1Oc1nc(Cl)c(CCl)s1. The number of hydrogen-bond acceptors (Lipinski definition) is 5. The van der Waals surface area contributed by atoms with Crippen molar-refractivity contribution in [1.29, 1.82) is 0 Å². The number of nitro groups is 1. The summed E-state index contributed by atoms with van der Waals surface area (Å²) in [6.45, 7) is 0. The van der Waals surface area contributed by atoms with Gasteiger partial charge in [-0.1, -0.05) is 46.1 Å². The predicted octanol–water partition coefficient (Wildman–Crippen LogP) is 5.54. The Kier molecular flexibility index (Phi) is 4.93. The van der Waals surface area contributed by atoms with E-state index in [0.717, 1.165) is 17.4 Å². The van der Waals surface area contributed by atoms with Crippen molar-refractivity contribution in [2.45, 2.75) is 5.88 Å². The lowest BCUT2D eigenvalue weighted by molar-refractivity contribution is -0.385. The summed E-state index contributed by atoms with van der Waals surface area (Å²) in [5.74, 6) is 0.0968. The molecule has 0 saturated carbocycles. The lowest BCUT2D eigenvalue weighted by Gasteiger charge is -2.04. The molecule has 2 rings (SSSR count). The van der Waals surface area contributed by atoms with E-state index in [9.17, 15) is 10.1 Å². The van der Waals surface area contributed by atoms with Gasteiger partial charge in [0.15, 0.2) is 0 Å². The van der Waals surface area contributed by atoms with Gasteiger partial charge in [-0.2, -0.15) is 4.98 Å². The Hall–Kier alpha value is -0.790. The van der Waals surface area contributed by atoms with Crippen LogP contribution in [0.3, 0.4) is 0 Å². The second kappa shape index (κ2) is 6.32. The topological polar surface area (TPSA) is 65.3 Å². The molecule has 0 aliphatic rings. The van der Waals surface area contributed by atoms with E-state index in [1.54, 1.807) is 0 Å². The van der Waals surface area contributed by atoms with Crippen LogP contribution in [0.4, 0.5) is 5.69 Å². The van der Waals surface area contributed by atoms with Crippen LogP contribution < -0.4 is 4.74 Å². The fourth-order valence-electron chi connectivity index (χ4n) is 1.28. The molecular weight excluding hydrogens is 370 g/mol. The summed E-state index contributed by atoms with van der Waals surface area (Å²) in [4.78, 5) is 14.8. The summed E-state index contributed by atoms with van der Waals surface area (Å²) < 4.78 is 5.35. The van der Waals surface area contributed by atoms with E-state index in [1.807, 2.05) is 0 Å². The fourth-order valence-corrected chi connectivity index (χ4v) is 2.92. The highest BCUT2D eigenvalue weighted by Crippen LogP contribution is 2.40. The standard InChI is InChI=1S/C10H4Cl4N2O3S/c11-3-8-9(14)15-10(20-8)19-7-2-5(13)4(12)1-6(7)16(17)18/h1-2H,3H2. The van der Waals surface area contributed by atoms with Gasteiger partial charge in [-0.25, -0.2) is 0 Å². The maximum atomic E-state index is 11.0. The minimum absolute atomic E-state index is 0.0596. The van der Waals surface area contributed by atoms with Crippen molar-refractivity contribution < 1.29 is 9.66 Å². The normalized spacial score (nSPS) is 10.6. The number of nitrogens with zero attached hydrogens (tertiary/aromatic N) is 2. The molecule has 1 aromatic heterocycles. The van der Waals surface area contributed by atoms with Crippen LogP contribution in [-0.2, 0) is 5.88 Å². The Labute approximate surface area is 137 Å². The third-order valence-electron chi connectivity index (χ3n) is 2.15. The van der Waals surface area contributed by atoms with Gasteiger partial charge in [0.25, 0.3) is 5.19 Å². The first kappa shape index (κ1) is 15.6. The van der Waals surface area contributed by atoms with Crippen LogP contribution in [-0.4, -0.2) is 9.91 Å². The summed E-state index contributed by atoms with van der Waals surface area (Å²) in [5.41, 5.74) is -0.321. The number of aromatic nitrogens is 1. The van der Waals surface area contributed by atoms with E-state index in [0.29, 0.717) is 4.88 Å². The maximum Gasteiger partial charge on any atom is 0.313 e. The molecule has 0 unspecified atom stereocenters. The summed E-state index contributed by atoms with van der Waals surface area (Å²) in [7, 11) is 0. The molecule has 0 N–H and O–H groups in total. The highest BCUT2D eigenvalue weighted by molar-refractivity contribution is 7.14. The first-order valence-electron chi connectivity index (χ1n) is 4.94. The zero-order valence-corrected chi connectivity index (χ0v) is 13.2. The highest BCUT2D eigenvalue weighted by atomic mass is 35.5. The maximum absolute atomic E-state index is 11.0. The highest BCUT2D eigenvalue weighted by Gasteiger charge is 2.21. The largest absolute Gasteiger partial charge is 0.423 e. The molecule has 0 atom stereocenters. The Bertz CT molecular complexity index is 677. The molecule has 20 heavy (non-hydrogen) atoms. The van der Waals surface area contributed by atoms with Crippen LogP contribution in [0.1, 0.15) is 4.88 Å². The van der Waals surface area contributed by atoms with Gasteiger partial charge in [-0.3, -0.25) is 10.1 Å². The molecule has 106 valence electrons. The second-order valence-electron chi connectivity index (χ2n) is 3.42. The van der Waals surface area contributed by atoms with Crippen molar-refractivity contribution in [2.24, 2.45) is 0 Å². The molecule has 0 amide bonds. The summed E-state index contributed by atoms with van der Waals surface area (Å²) >= 11 is 24.1. The van der Waals surface area contributed by atoms with Crippen LogP contribution in [0.2, 0.25) is 15.2 Å². The zero-order chi connectivity index (χ0) is 14.9. The number of halogens is 4. The molecule has 0 saturated heterocycles. The van der Waals surface area contributed by atoms with Crippen LogP contribution in [0, 0.1) is 10.1 Å². The lowest BCUT2D eigenvalue weighted by atomic mass is 10.3. The van der Waals surface area contributed by atoms with E-state index in [4.69, 9.17) is 51.1 Å². The zero-order valence-electron chi connectivity index (χ0n) is 9.40. The number of benzene rings is 1. The van der Waals surface area contributed by atoms with Crippen molar-refractivity contribution in [1.82, 2.24) is 4.98 Å². The van der Waals surface area contributed by atoms with Crippen LogP contribution in [0.25, 0.3) is 0 Å². The average molecular weight is 374 g/mol.